The third-order valence-electron chi connectivity index (χ3n) is 2.27. The third kappa shape index (κ3) is 5.74. The Morgan fingerprint density at radius 1 is 1.53 bits per heavy atom. The Morgan fingerprint density at radius 3 is 2.53 bits per heavy atom. The molecule has 0 aliphatic rings. The molecule has 2 N–H and O–H groups in total. The van der Waals surface area contributed by atoms with Gasteiger partial charge in [-0.05, 0) is 25.8 Å². The van der Waals surface area contributed by atoms with Crippen molar-refractivity contribution in [1.82, 2.24) is 5.32 Å². The Bertz CT molecular complexity index is 194. The lowest BCUT2D eigenvalue weighted by molar-refractivity contribution is -0.146. The second-order valence-electron chi connectivity index (χ2n) is 4.40. The first-order valence-corrected chi connectivity index (χ1v) is 5.48. The van der Waals surface area contributed by atoms with Gasteiger partial charge >= 0.3 is 5.97 Å². The molecular formula is C11H23NO3. The van der Waals surface area contributed by atoms with Gasteiger partial charge in [-0.25, -0.2) is 0 Å². The number of aliphatic carboxylic acids is 1. The highest BCUT2D eigenvalue weighted by Gasteiger charge is 2.32. The highest BCUT2D eigenvalue weighted by Crippen LogP contribution is 2.06. The normalized spacial score (nSPS) is 15.3. The summed E-state index contributed by atoms with van der Waals surface area (Å²) in [6.07, 6.45) is 0.960. The summed E-state index contributed by atoms with van der Waals surface area (Å²) in [5.74, 6) is -0.283. The summed E-state index contributed by atoms with van der Waals surface area (Å²) in [6.45, 7) is 9.21. The molecule has 0 aromatic rings. The Balaban J connectivity index is 3.92. The minimum atomic E-state index is -0.967. The highest BCUT2D eigenvalue weighted by atomic mass is 16.5. The molecule has 1 unspecified atom stereocenters. The van der Waals surface area contributed by atoms with E-state index >= 15 is 0 Å². The van der Waals surface area contributed by atoms with Gasteiger partial charge in [0, 0.05) is 6.61 Å². The smallest absolute Gasteiger partial charge is 0.326 e. The predicted molar refractivity (Wildman–Crippen MR) is 60.0 cm³/mol. The van der Waals surface area contributed by atoms with Gasteiger partial charge in [0.2, 0.25) is 0 Å². The lowest BCUT2D eigenvalue weighted by Gasteiger charge is -2.25. The third-order valence-corrected chi connectivity index (χ3v) is 2.27. The molecule has 0 aliphatic heterocycles. The maximum Gasteiger partial charge on any atom is 0.326 e. The summed E-state index contributed by atoms with van der Waals surface area (Å²) in [5, 5.41) is 12.0. The molecule has 0 spiro atoms. The van der Waals surface area contributed by atoms with Crippen molar-refractivity contribution < 1.29 is 14.6 Å². The predicted octanol–water partition coefficient (Wildman–Crippen LogP) is 1.50. The van der Waals surface area contributed by atoms with E-state index in [1.54, 1.807) is 6.92 Å². The summed E-state index contributed by atoms with van der Waals surface area (Å²) in [5.41, 5.74) is -0.967. The molecule has 0 radical (unpaired) electrons. The van der Waals surface area contributed by atoms with Crippen LogP contribution in [-0.2, 0) is 9.53 Å². The molecule has 4 nitrogen and oxygen atoms in total. The monoisotopic (exact) mass is 217 g/mol. The quantitative estimate of drug-likeness (QED) is 0.605. The van der Waals surface area contributed by atoms with E-state index in [9.17, 15) is 4.79 Å². The van der Waals surface area contributed by atoms with E-state index in [1.807, 2.05) is 6.92 Å². The van der Waals surface area contributed by atoms with E-state index in [-0.39, 0.29) is 6.61 Å². The molecule has 4 heteroatoms. The molecule has 0 amide bonds. The molecule has 0 rings (SSSR count). The zero-order chi connectivity index (χ0) is 11.9. The number of rotatable bonds is 8. The molecule has 1 atom stereocenters. The number of carboxylic acid groups (broad SMARTS) is 1. The molecular weight excluding hydrogens is 194 g/mol. The van der Waals surface area contributed by atoms with Gasteiger partial charge in [-0.3, -0.25) is 4.79 Å². The van der Waals surface area contributed by atoms with E-state index in [0.29, 0.717) is 19.1 Å². The fourth-order valence-electron chi connectivity index (χ4n) is 1.17. The lowest BCUT2D eigenvalue weighted by atomic mass is 10.0. The summed E-state index contributed by atoms with van der Waals surface area (Å²) in [6, 6.07) is 0. The average Bonchev–Trinajstić information content (AvgIpc) is 2.12. The summed E-state index contributed by atoms with van der Waals surface area (Å²) in [7, 11) is 0. The maximum atomic E-state index is 11.0. The first-order chi connectivity index (χ1) is 6.92. The van der Waals surface area contributed by atoms with Crippen LogP contribution in [0.2, 0.25) is 0 Å². The Morgan fingerprint density at radius 2 is 2.13 bits per heavy atom. The van der Waals surface area contributed by atoms with E-state index in [2.05, 4.69) is 19.2 Å². The molecule has 0 heterocycles. The van der Waals surface area contributed by atoms with Crippen molar-refractivity contribution in [3.05, 3.63) is 0 Å². The zero-order valence-corrected chi connectivity index (χ0v) is 10.2. The minimum absolute atomic E-state index is 0.211. The van der Waals surface area contributed by atoms with Gasteiger partial charge in [0.15, 0.2) is 0 Å². The van der Waals surface area contributed by atoms with Crippen LogP contribution in [0.1, 0.15) is 34.1 Å². The number of carboxylic acids is 1. The second kappa shape index (κ2) is 6.80. The molecule has 90 valence electrons. The van der Waals surface area contributed by atoms with Crippen LogP contribution in [0.25, 0.3) is 0 Å². The van der Waals surface area contributed by atoms with Crippen molar-refractivity contribution >= 4 is 5.97 Å². The maximum absolute atomic E-state index is 11.0. The molecule has 0 aliphatic carbocycles. The van der Waals surface area contributed by atoms with E-state index in [4.69, 9.17) is 9.84 Å². The zero-order valence-electron chi connectivity index (χ0n) is 10.2. The van der Waals surface area contributed by atoms with Crippen LogP contribution in [0.15, 0.2) is 0 Å². The number of ether oxygens (including phenoxy) is 1. The van der Waals surface area contributed by atoms with Crippen molar-refractivity contribution in [1.29, 1.82) is 0 Å². The topological polar surface area (TPSA) is 58.6 Å². The Hall–Kier alpha value is -0.610. The highest BCUT2D eigenvalue weighted by molar-refractivity contribution is 5.78. The molecule has 0 saturated heterocycles. The van der Waals surface area contributed by atoms with Crippen molar-refractivity contribution in [3.63, 3.8) is 0 Å². The van der Waals surface area contributed by atoms with Gasteiger partial charge in [-0.15, -0.1) is 0 Å². The molecule has 0 saturated carbocycles. The Kier molecular flexibility index (Phi) is 6.52. The van der Waals surface area contributed by atoms with Crippen LogP contribution in [0.3, 0.4) is 0 Å². The number of carbonyl (C=O) groups is 1. The summed E-state index contributed by atoms with van der Waals surface area (Å²) >= 11 is 0. The van der Waals surface area contributed by atoms with Crippen LogP contribution < -0.4 is 5.32 Å². The van der Waals surface area contributed by atoms with Gasteiger partial charge in [0.25, 0.3) is 0 Å². The largest absolute Gasteiger partial charge is 0.480 e. The van der Waals surface area contributed by atoms with Gasteiger partial charge in [-0.2, -0.15) is 0 Å². The number of hydrogen-bond donors (Lipinski definition) is 2. The van der Waals surface area contributed by atoms with Crippen LogP contribution in [-0.4, -0.2) is 36.4 Å². The minimum Gasteiger partial charge on any atom is -0.480 e. The summed E-state index contributed by atoms with van der Waals surface area (Å²) in [4.78, 5) is 11.0. The molecule has 0 fully saturated rings. The molecule has 0 bridgehead atoms. The van der Waals surface area contributed by atoms with E-state index in [0.717, 1.165) is 6.42 Å². The molecule has 0 aromatic carbocycles. The number of likely N-dealkylation sites (N-methyl/N-ethyl adjacent to an activating group) is 1. The van der Waals surface area contributed by atoms with Crippen molar-refractivity contribution in [3.8, 4) is 0 Å². The first-order valence-electron chi connectivity index (χ1n) is 5.48. The van der Waals surface area contributed by atoms with Crippen LogP contribution >= 0.6 is 0 Å². The van der Waals surface area contributed by atoms with Gasteiger partial charge < -0.3 is 15.2 Å². The average molecular weight is 217 g/mol. The number of nitrogens with one attached hydrogen (secondary N) is 1. The molecule has 15 heavy (non-hydrogen) atoms. The fraction of sp³-hybridized carbons (Fsp3) is 0.909. The second-order valence-corrected chi connectivity index (χ2v) is 4.40. The Labute approximate surface area is 92.0 Å². The standard InChI is InChI=1S/C11H23NO3/c1-5-12-11(4,10(13)14)8-15-7-6-9(2)3/h9,12H,5-8H2,1-4H3,(H,13,14). The van der Waals surface area contributed by atoms with Crippen LogP contribution in [0.5, 0.6) is 0 Å². The van der Waals surface area contributed by atoms with Crippen LogP contribution in [0, 0.1) is 5.92 Å². The van der Waals surface area contributed by atoms with Crippen molar-refractivity contribution in [2.45, 2.75) is 39.7 Å². The van der Waals surface area contributed by atoms with Gasteiger partial charge in [0.1, 0.15) is 5.54 Å². The summed E-state index contributed by atoms with van der Waals surface area (Å²) < 4.78 is 5.38. The van der Waals surface area contributed by atoms with E-state index < -0.39 is 11.5 Å². The van der Waals surface area contributed by atoms with Gasteiger partial charge in [0.05, 0.1) is 6.61 Å². The fourth-order valence-corrected chi connectivity index (χ4v) is 1.17. The number of hydrogen-bond acceptors (Lipinski definition) is 3. The first kappa shape index (κ1) is 14.4. The SMILES string of the molecule is CCNC(C)(COCCC(C)C)C(=O)O. The van der Waals surface area contributed by atoms with Gasteiger partial charge in [-0.1, -0.05) is 20.8 Å². The van der Waals surface area contributed by atoms with Crippen LogP contribution in [0.4, 0.5) is 0 Å². The van der Waals surface area contributed by atoms with Crippen molar-refractivity contribution in [2.75, 3.05) is 19.8 Å². The molecule has 0 aromatic heterocycles. The van der Waals surface area contributed by atoms with E-state index in [1.165, 1.54) is 0 Å². The lowest BCUT2D eigenvalue weighted by Crippen LogP contribution is -2.53. The van der Waals surface area contributed by atoms with Crippen molar-refractivity contribution in [2.24, 2.45) is 5.92 Å².